The van der Waals surface area contributed by atoms with Gasteiger partial charge < -0.3 is 10.6 Å². The number of amides is 2. The van der Waals surface area contributed by atoms with E-state index in [0.29, 0.717) is 18.1 Å². The molecule has 1 saturated heterocycles. The van der Waals surface area contributed by atoms with E-state index in [9.17, 15) is 13.2 Å². The molecule has 0 atom stereocenters. The molecule has 2 amide bonds. The number of hydrogen-bond donors (Lipinski definition) is 2. The summed E-state index contributed by atoms with van der Waals surface area (Å²) in [6, 6.07) is 5.03. The van der Waals surface area contributed by atoms with Crippen LogP contribution in [0.3, 0.4) is 0 Å². The molecule has 1 fully saturated rings. The molecule has 0 spiro atoms. The molecule has 1 aliphatic heterocycles. The lowest BCUT2D eigenvalue weighted by atomic mass is 10.1. The van der Waals surface area contributed by atoms with E-state index in [1.807, 2.05) is 0 Å². The first kappa shape index (κ1) is 13.1. The van der Waals surface area contributed by atoms with Crippen LogP contribution in [0, 0.1) is 0 Å². The maximum Gasteiger partial charge on any atom is 0.314 e. The summed E-state index contributed by atoms with van der Waals surface area (Å²) in [5.41, 5.74) is 5.05. The second kappa shape index (κ2) is 4.75. The predicted octanol–water partition coefficient (Wildman–Crippen LogP) is 0.381. The fourth-order valence-corrected chi connectivity index (χ4v) is 2.98. The van der Waals surface area contributed by atoms with E-state index in [1.165, 1.54) is 29.2 Å². The molecule has 0 aliphatic carbocycles. The van der Waals surface area contributed by atoms with E-state index < -0.39 is 16.1 Å². The van der Waals surface area contributed by atoms with Gasteiger partial charge in [-0.2, -0.15) is 0 Å². The van der Waals surface area contributed by atoms with Gasteiger partial charge in [-0.25, -0.2) is 17.9 Å². The average molecular weight is 290 g/mol. The SMILES string of the molecule is NC(=O)N1CC(NS(=O)(=O)c2ccc(Cl)cc2)C1. The lowest BCUT2D eigenvalue weighted by Gasteiger charge is -2.37. The maximum atomic E-state index is 11.9. The van der Waals surface area contributed by atoms with Gasteiger partial charge in [-0.05, 0) is 24.3 Å². The molecule has 1 aromatic carbocycles. The minimum atomic E-state index is -3.57. The molecule has 1 heterocycles. The minimum absolute atomic E-state index is 0.143. The Morgan fingerprint density at radius 1 is 1.33 bits per heavy atom. The maximum absolute atomic E-state index is 11.9. The average Bonchev–Trinajstić information content (AvgIpc) is 2.23. The highest BCUT2D eigenvalue weighted by Gasteiger charge is 2.32. The highest BCUT2D eigenvalue weighted by Crippen LogP contribution is 2.16. The number of carbonyl (C=O) groups is 1. The van der Waals surface area contributed by atoms with Crippen LogP contribution in [0.15, 0.2) is 29.2 Å². The van der Waals surface area contributed by atoms with Crippen LogP contribution >= 0.6 is 11.6 Å². The van der Waals surface area contributed by atoms with Crippen molar-refractivity contribution >= 4 is 27.7 Å². The molecule has 0 radical (unpaired) electrons. The van der Waals surface area contributed by atoms with Gasteiger partial charge in [0.2, 0.25) is 10.0 Å². The van der Waals surface area contributed by atoms with Gasteiger partial charge in [0.15, 0.2) is 0 Å². The van der Waals surface area contributed by atoms with Gasteiger partial charge in [0.1, 0.15) is 0 Å². The number of carbonyl (C=O) groups excluding carboxylic acids is 1. The first-order chi connectivity index (χ1) is 8.38. The Labute approximate surface area is 110 Å². The van der Waals surface area contributed by atoms with Gasteiger partial charge in [-0.3, -0.25) is 0 Å². The number of halogens is 1. The highest BCUT2D eigenvalue weighted by molar-refractivity contribution is 7.89. The molecule has 0 unspecified atom stereocenters. The number of nitrogens with two attached hydrogens (primary N) is 1. The Morgan fingerprint density at radius 3 is 2.39 bits per heavy atom. The normalized spacial score (nSPS) is 16.4. The lowest BCUT2D eigenvalue weighted by molar-refractivity contribution is 0.155. The number of nitrogens with zero attached hydrogens (tertiary/aromatic N) is 1. The Balaban J connectivity index is 2.01. The third-order valence-electron chi connectivity index (χ3n) is 2.64. The van der Waals surface area contributed by atoms with Gasteiger partial charge in [0.25, 0.3) is 0 Å². The Morgan fingerprint density at radius 2 is 1.89 bits per heavy atom. The van der Waals surface area contributed by atoms with Crippen molar-refractivity contribution in [3.8, 4) is 0 Å². The molecule has 1 aliphatic rings. The van der Waals surface area contributed by atoms with Gasteiger partial charge >= 0.3 is 6.03 Å². The van der Waals surface area contributed by atoms with E-state index in [2.05, 4.69) is 4.72 Å². The number of benzene rings is 1. The van der Waals surface area contributed by atoms with E-state index in [4.69, 9.17) is 17.3 Å². The summed E-state index contributed by atoms with van der Waals surface area (Å²) < 4.78 is 26.4. The van der Waals surface area contributed by atoms with Crippen LogP contribution in [0.25, 0.3) is 0 Å². The summed E-state index contributed by atoms with van der Waals surface area (Å²) >= 11 is 5.69. The number of urea groups is 1. The molecule has 1 aromatic rings. The van der Waals surface area contributed by atoms with Crippen molar-refractivity contribution in [2.75, 3.05) is 13.1 Å². The van der Waals surface area contributed by atoms with Crippen molar-refractivity contribution in [3.05, 3.63) is 29.3 Å². The molecule has 2 rings (SSSR count). The van der Waals surface area contributed by atoms with Crippen LogP contribution in [-0.4, -0.2) is 38.5 Å². The van der Waals surface area contributed by atoms with E-state index >= 15 is 0 Å². The molecule has 0 bridgehead atoms. The molecule has 18 heavy (non-hydrogen) atoms. The Bertz CT molecular complexity index is 552. The first-order valence-corrected chi connectivity index (χ1v) is 7.07. The van der Waals surface area contributed by atoms with Crippen molar-refractivity contribution in [1.29, 1.82) is 0 Å². The summed E-state index contributed by atoms with van der Waals surface area (Å²) in [6.07, 6.45) is 0. The molecule has 0 saturated carbocycles. The van der Waals surface area contributed by atoms with Crippen molar-refractivity contribution in [1.82, 2.24) is 9.62 Å². The monoisotopic (exact) mass is 289 g/mol. The summed E-state index contributed by atoms with van der Waals surface area (Å²) in [4.78, 5) is 12.3. The molecule has 0 aromatic heterocycles. The number of primary amides is 1. The molecular formula is C10H12ClN3O3S. The number of sulfonamides is 1. The Kier molecular flexibility index (Phi) is 3.47. The van der Waals surface area contributed by atoms with Crippen LogP contribution in [-0.2, 0) is 10.0 Å². The summed E-state index contributed by atoms with van der Waals surface area (Å²) in [7, 11) is -3.57. The Hall–Kier alpha value is -1.31. The zero-order valence-electron chi connectivity index (χ0n) is 9.34. The summed E-state index contributed by atoms with van der Waals surface area (Å²) in [5, 5.41) is 0.470. The largest absolute Gasteiger partial charge is 0.351 e. The number of nitrogens with one attached hydrogen (secondary N) is 1. The third-order valence-corrected chi connectivity index (χ3v) is 4.43. The smallest absolute Gasteiger partial charge is 0.314 e. The number of rotatable bonds is 3. The first-order valence-electron chi connectivity index (χ1n) is 5.21. The van der Waals surface area contributed by atoms with Crippen molar-refractivity contribution < 1.29 is 13.2 Å². The standard InChI is InChI=1S/C10H12ClN3O3S/c11-7-1-3-9(4-2-7)18(16,17)13-8-5-14(6-8)10(12)15/h1-4,8,13H,5-6H2,(H2,12,15). The fraction of sp³-hybridized carbons (Fsp3) is 0.300. The van der Waals surface area contributed by atoms with E-state index in [0.717, 1.165) is 0 Å². The molecule has 8 heteroatoms. The van der Waals surface area contributed by atoms with Crippen LogP contribution in [0.2, 0.25) is 5.02 Å². The van der Waals surface area contributed by atoms with Gasteiger partial charge in [-0.15, -0.1) is 0 Å². The summed E-state index contributed by atoms with van der Waals surface area (Å²) in [5.74, 6) is 0. The predicted molar refractivity (Wildman–Crippen MR) is 66.7 cm³/mol. The molecule has 6 nitrogen and oxygen atoms in total. The van der Waals surface area contributed by atoms with Crippen molar-refractivity contribution in [2.24, 2.45) is 5.73 Å². The fourth-order valence-electron chi connectivity index (χ4n) is 1.63. The van der Waals surface area contributed by atoms with Crippen LogP contribution in [0.4, 0.5) is 4.79 Å². The zero-order chi connectivity index (χ0) is 13.3. The zero-order valence-corrected chi connectivity index (χ0v) is 10.9. The van der Waals surface area contributed by atoms with Gasteiger partial charge in [0, 0.05) is 18.1 Å². The minimum Gasteiger partial charge on any atom is -0.351 e. The molecular weight excluding hydrogens is 278 g/mol. The topological polar surface area (TPSA) is 92.5 Å². The lowest BCUT2D eigenvalue weighted by Crippen LogP contribution is -2.62. The second-order valence-electron chi connectivity index (χ2n) is 4.02. The second-order valence-corrected chi connectivity index (χ2v) is 6.17. The van der Waals surface area contributed by atoms with Crippen molar-refractivity contribution in [3.63, 3.8) is 0 Å². The van der Waals surface area contributed by atoms with Crippen LogP contribution < -0.4 is 10.5 Å². The number of hydrogen-bond acceptors (Lipinski definition) is 3. The summed E-state index contributed by atoms with van der Waals surface area (Å²) in [6.45, 7) is 0.588. The highest BCUT2D eigenvalue weighted by atomic mass is 35.5. The molecule has 98 valence electrons. The van der Waals surface area contributed by atoms with Crippen LogP contribution in [0.1, 0.15) is 0 Å². The third kappa shape index (κ3) is 2.74. The number of likely N-dealkylation sites (tertiary alicyclic amines) is 1. The van der Waals surface area contributed by atoms with E-state index in [1.54, 1.807) is 0 Å². The van der Waals surface area contributed by atoms with Gasteiger partial charge in [-0.1, -0.05) is 11.6 Å². The van der Waals surface area contributed by atoms with Crippen molar-refractivity contribution in [2.45, 2.75) is 10.9 Å². The van der Waals surface area contributed by atoms with Crippen LogP contribution in [0.5, 0.6) is 0 Å². The molecule has 3 N–H and O–H groups in total. The van der Waals surface area contributed by atoms with E-state index in [-0.39, 0.29) is 10.9 Å². The quantitative estimate of drug-likeness (QED) is 0.842. The van der Waals surface area contributed by atoms with Gasteiger partial charge in [0.05, 0.1) is 10.9 Å².